The zero-order valence-electron chi connectivity index (χ0n) is 16.6. The third kappa shape index (κ3) is 5.04. The van der Waals surface area contributed by atoms with Gasteiger partial charge in [-0.1, -0.05) is 64.5 Å². The first-order valence-corrected chi connectivity index (χ1v) is 10.1. The molecule has 0 fully saturated rings. The van der Waals surface area contributed by atoms with Gasteiger partial charge in [-0.15, -0.1) is 0 Å². The van der Waals surface area contributed by atoms with Gasteiger partial charge in [-0.05, 0) is 30.5 Å². The zero-order chi connectivity index (χ0) is 22.1. The van der Waals surface area contributed by atoms with E-state index in [1.54, 1.807) is 55.5 Å². The van der Waals surface area contributed by atoms with E-state index in [0.717, 1.165) is 0 Å². The van der Waals surface area contributed by atoms with Gasteiger partial charge < -0.3 is 10.1 Å². The quantitative estimate of drug-likeness (QED) is 0.469. The van der Waals surface area contributed by atoms with E-state index in [0.29, 0.717) is 15.6 Å². The van der Waals surface area contributed by atoms with Crippen molar-refractivity contribution in [2.75, 3.05) is 6.61 Å². The Balaban J connectivity index is 2.71. The standard InChI is InChI=1S/C23H21BrN2O4/c1-3-30-22(29)23(15-25,26-16(2)28)20(19-11-7-8-12-21(19)24)13-18(14-27)17-9-5-4-6-10-17/h4-12,20H,3,13H2,1-2H3,(H,26,28). The molecular weight excluding hydrogens is 448 g/mol. The molecule has 0 aliphatic heterocycles. The highest BCUT2D eigenvalue weighted by Crippen LogP contribution is 2.40. The van der Waals surface area contributed by atoms with Crippen LogP contribution in [0.2, 0.25) is 0 Å². The van der Waals surface area contributed by atoms with E-state index in [4.69, 9.17) is 4.74 Å². The summed E-state index contributed by atoms with van der Waals surface area (Å²) in [7, 11) is 0. The summed E-state index contributed by atoms with van der Waals surface area (Å²) in [5, 5.41) is 12.6. The first-order chi connectivity index (χ1) is 14.4. The minimum absolute atomic E-state index is 0.0250. The largest absolute Gasteiger partial charge is 0.463 e. The number of nitrogens with one attached hydrogen (secondary N) is 1. The second-order valence-corrected chi connectivity index (χ2v) is 7.40. The number of hydrogen-bond donors (Lipinski definition) is 1. The van der Waals surface area contributed by atoms with E-state index in [9.17, 15) is 19.6 Å². The number of allylic oxidation sites excluding steroid dienone is 1. The van der Waals surface area contributed by atoms with Gasteiger partial charge in [-0.25, -0.2) is 9.59 Å². The number of benzene rings is 2. The van der Waals surface area contributed by atoms with Gasteiger partial charge in [0.05, 0.1) is 6.61 Å². The third-order valence-corrected chi connectivity index (χ3v) is 5.33. The summed E-state index contributed by atoms with van der Waals surface area (Å²) in [4.78, 5) is 36.8. The Morgan fingerprint density at radius 3 is 2.33 bits per heavy atom. The van der Waals surface area contributed by atoms with E-state index in [1.165, 1.54) is 6.92 Å². The van der Waals surface area contributed by atoms with Crippen LogP contribution in [0, 0.1) is 11.3 Å². The summed E-state index contributed by atoms with van der Waals surface area (Å²) in [6.07, 6.45) is -0.0250. The molecule has 0 radical (unpaired) electrons. The van der Waals surface area contributed by atoms with E-state index in [1.807, 2.05) is 18.1 Å². The molecule has 30 heavy (non-hydrogen) atoms. The molecule has 154 valence electrons. The van der Waals surface area contributed by atoms with Gasteiger partial charge in [-0.3, -0.25) is 4.79 Å². The Morgan fingerprint density at radius 1 is 1.17 bits per heavy atom. The molecule has 0 spiro atoms. The zero-order valence-corrected chi connectivity index (χ0v) is 18.2. The highest BCUT2D eigenvalue weighted by Gasteiger charge is 2.50. The van der Waals surface area contributed by atoms with Crippen LogP contribution in [0.3, 0.4) is 0 Å². The molecule has 0 aliphatic rings. The fourth-order valence-corrected chi connectivity index (χ4v) is 3.83. The lowest BCUT2D eigenvalue weighted by Gasteiger charge is -2.34. The van der Waals surface area contributed by atoms with E-state index < -0.39 is 23.3 Å². The fraction of sp³-hybridized carbons (Fsp3) is 0.261. The van der Waals surface area contributed by atoms with Crippen LogP contribution in [-0.2, 0) is 19.1 Å². The van der Waals surface area contributed by atoms with E-state index >= 15 is 0 Å². The monoisotopic (exact) mass is 468 g/mol. The maximum Gasteiger partial charge on any atom is 0.347 e. The number of halogens is 1. The molecule has 0 bridgehead atoms. The molecule has 2 aromatic rings. The highest BCUT2D eigenvalue weighted by atomic mass is 79.9. The molecular formula is C23H21BrN2O4. The molecule has 1 amide bonds. The number of amides is 1. The minimum Gasteiger partial charge on any atom is -0.463 e. The third-order valence-electron chi connectivity index (χ3n) is 4.60. The van der Waals surface area contributed by atoms with Crippen molar-refractivity contribution < 1.29 is 19.1 Å². The summed E-state index contributed by atoms with van der Waals surface area (Å²) in [5.41, 5.74) is -0.582. The molecule has 0 saturated heterocycles. The predicted molar refractivity (Wildman–Crippen MR) is 116 cm³/mol. The highest BCUT2D eigenvalue weighted by molar-refractivity contribution is 9.10. The molecule has 6 nitrogen and oxygen atoms in total. The molecule has 2 unspecified atom stereocenters. The van der Waals surface area contributed by atoms with Crippen molar-refractivity contribution >= 4 is 39.3 Å². The second kappa shape index (κ2) is 10.5. The molecule has 2 aromatic carbocycles. The topological polar surface area (TPSA) is 96.3 Å². The van der Waals surface area contributed by atoms with Gasteiger partial charge in [0.2, 0.25) is 11.4 Å². The molecule has 2 rings (SSSR count). The minimum atomic E-state index is -2.04. The van der Waals surface area contributed by atoms with Crippen LogP contribution < -0.4 is 5.32 Å². The van der Waals surface area contributed by atoms with Gasteiger partial charge in [0.15, 0.2) is 0 Å². The van der Waals surface area contributed by atoms with Gasteiger partial charge >= 0.3 is 5.97 Å². The van der Waals surface area contributed by atoms with Crippen LogP contribution in [0.15, 0.2) is 59.1 Å². The first kappa shape index (κ1) is 23.1. The number of carbonyl (C=O) groups is 2. The Hall–Kier alpha value is -3.20. The van der Waals surface area contributed by atoms with Crippen molar-refractivity contribution in [3.8, 4) is 6.07 Å². The predicted octanol–water partition coefficient (Wildman–Crippen LogP) is 3.80. The maximum atomic E-state index is 13.0. The van der Waals surface area contributed by atoms with Crippen LogP contribution in [0.4, 0.5) is 0 Å². The van der Waals surface area contributed by atoms with Gasteiger partial charge in [0.1, 0.15) is 12.0 Å². The average molecular weight is 469 g/mol. The van der Waals surface area contributed by atoms with E-state index in [-0.39, 0.29) is 18.6 Å². The average Bonchev–Trinajstić information content (AvgIpc) is 2.74. The molecule has 2 atom stereocenters. The van der Waals surface area contributed by atoms with Gasteiger partial charge in [0, 0.05) is 22.9 Å². The number of hydrogen-bond acceptors (Lipinski definition) is 5. The van der Waals surface area contributed by atoms with Crippen molar-refractivity contribution in [2.45, 2.75) is 31.7 Å². The lowest BCUT2D eigenvalue weighted by Crippen LogP contribution is -2.58. The van der Waals surface area contributed by atoms with Crippen LogP contribution in [0.1, 0.15) is 37.3 Å². The van der Waals surface area contributed by atoms with Crippen molar-refractivity contribution in [3.63, 3.8) is 0 Å². The smallest absolute Gasteiger partial charge is 0.347 e. The molecule has 0 aliphatic carbocycles. The lowest BCUT2D eigenvalue weighted by molar-refractivity contribution is -0.151. The van der Waals surface area contributed by atoms with E-state index in [2.05, 4.69) is 21.2 Å². The Bertz CT molecular complexity index is 1010. The van der Waals surface area contributed by atoms with Crippen LogP contribution in [0.5, 0.6) is 0 Å². The molecule has 0 saturated carbocycles. The van der Waals surface area contributed by atoms with Crippen LogP contribution >= 0.6 is 15.9 Å². The summed E-state index contributed by atoms with van der Waals surface area (Å²) in [5.74, 6) is -0.442. The van der Waals surface area contributed by atoms with Crippen molar-refractivity contribution in [2.24, 2.45) is 0 Å². The number of rotatable bonds is 8. The van der Waals surface area contributed by atoms with Gasteiger partial charge in [0.25, 0.3) is 0 Å². The summed E-state index contributed by atoms with van der Waals surface area (Å²) >= 11 is 3.46. The number of ether oxygens (including phenoxy) is 1. The van der Waals surface area contributed by atoms with Gasteiger partial charge in [-0.2, -0.15) is 5.26 Å². The number of nitriles is 1. The Kier molecular flexibility index (Phi) is 8.11. The second-order valence-electron chi connectivity index (χ2n) is 6.55. The molecule has 0 heterocycles. The molecule has 0 aromatic heterocycles. The maximum absolute atomic E-state index is 13.0. The van der Waals surface area contributed by atoms with Crippen molar-refractivity contribution in [1.29, 1.82) is 5.26 Å². The molecule has 1 N–H and O–H groups in total. The number of esters is 1. The summed E-state index contributed by atoms with van der Waals surface area (Å²) in [6.45, 7) is 2.86. The molecule has 7 heteroatoms. The summed E-state index contributed by atoms with van der Waals surface area (Å²) < 4.78 is 5.79. The van der Waals surface area contributed by atoms with Crippen LogP contribution in [-0.4, -0.2) is 30.0 Å². The fourth-order valence-electron chi connectivity index (χ4n) is 3.27. The normalized spacial score (nSPS) is 13.1. The number of nitrogens with zero attached hydrogens (tertiary/aromatic N) is 1. The van der Waals surface area contributed by atoms with Crippen LogP contribution in [0.25, 0.3) is 5.57 Å². The number of carbonyl (C=O) groups excluding carboxylic acids is 3. The van der Waals surface area contributed by atoms with Crippen molar-refractivity contribution in [1.82, 2.24) is 5.32 Å². The summed E-state index contributed by atoms with van der Waals surface area (Å²) in [6, 6.07) is 17.8. The lowest BCUT2D eigenvalue weighted by atomic mass is 9.75. The first-order valence-electron chi connectivity index (χ1n) is 9.30. The SMILES string of the molecule is CCOC(=O)C(C#N)(NC(C)=O)C(CC(=C=O)c1ccccc1)c1ccccc1Br. The van der Waals surface area contributed by atoms with Crippen molar-refractivity contribution in [3.05, 3.63) is 70.2 Å². The Morgan fingerprint density at radius 2 is 1.80 bits per heavy atom. The Labute approximate surface area is 183 Å².